The Morgan fingerprint density at radius 1 is 0.750 bits per heavy atom. The smallest absolute Gasteiger partial charge is 0.227 e. The number of hydrogen-bond donors (Lipinski definition) is 0. The number of benzene rings is 2. The van der Waals surface area contributed by atoms with Crippen molar-refractivity contribution in [1.29, 1.82) is 0 Å². The molecular formula is C24H22N4O6S2. The van der Waals surface area contributed by atoms with Gasteiger partial charge in [-0.05, 0) is 23.3 Å². The number of carbonyl (C=O) groups excluding carboxylic acids is 2. The Labute approximate surface area is 213 Å². The summed E-state index contributed by atoms with van der Waals surface area (Å²) >= 11 is 0. The summed E-state index contributed by atoms with van der Waals surface area (Å²) in [5, 5.41) is 23.2. The minimum Gasteiger partial charge on any atom is -0.287 e. The second-order valence-electron chi connectivity index (χ2n) is 8.18. The zero-order valence-electron chi connectivity index (χ0n) is 19.4. The SMILES string of the molecule is CC(=O)n1cc([C@@H](C[N+](=O)[O-])SS[C@H](C[N+](=O)[O-])c2cn(C(C)=O)c3ccccc23)c2ccccc21. The standard InChI is InChI=1S/C24H22N4O6S2/c1-15(29)25-11-19(17-7-3-5-9-21(17)25)23(13-27(31)32)35-36-24(14-28(33)34)20-12-26(16(2)30)22-10-6-4-8-18(20)22/h3-12,23-24H,13-14H2,1-2H3/t23-,24-/m1/s1. The van der Waals surface area contributed by atoms with Crippen molar-refractivity contribution in [2.45, 2.75) is 24.3 Å². The molecule has 2 aromatic heterocycles. The molecule has 0 unspecified atom stereocenters. The maximum atomic E-state index is 12.2. The molecule has 0 saturated carbocycles. The van der Waals surface area contributed by atoms with Gasteiger partial charge in [0.15, 0.2) is 0 Å². The van der Waals surface area contributed by atoms with Crippen LogP contribution in [0.15, 0.2) is 60.9 Å². The molecule has 2 heterocycles. The van der Waals surface area contributed by atoms with Gasteiger partial charge in [-0.25, -0.2) is 0 Å². The third-order valence-electron chi connectivity index (χ3n) is 5.78. The van der Waals surface area contributed by atoms with E-state index < -0.39 is 33.4 Å². The van der Waals surface area contributed by atoms with Gasteiger partial charge in [0.05, 0.1) is 11.0 Å². The molecule has 0 saturated heterocycles. The lowest BCUT2D eigenvalue weighted by atomic mass is 10.1. The number of nitro groups is 2. The van der Waals surface area contributed by atoms with Gasteiger partial charge >= 0.3 is 0 Å². The summed E-state index contributed by atoms with van der Waals surface area (Å²) in [7, 11) is 2.33. The van der Waals surface area contributed by atoms with Crippen molar-refractivity contribution in [3.8, 4) is 0 Å². The zero-order valence-corrected chi connectivity index (χ0v) is 21.0. The summed E-state index contributed by atoms with van der Waals surface area (Å²) in [5.74, 6) is -0.448. The molecule has 0 radical (unpaired) electrons. The van der Waals surface area contributed by atoms with Gasteiger partial charge in [0.25, 0.3) is 0 Å². The minimum absolute atomic E-state index is 0.224. The van der Waals surface area contributed by atoms with E-state index in [0.29, 0.717) is 32.9 Å². The van der Waals surface area contributed by atoms with Gasteiger partial charge in [0.1, 0.15) is 10.5 Å². The zero-order chi connectivity index (χ0) is 26.0. The van der Waals surface area contributed by atoms with E-state index in [9.17, 15) is 29.8 Å². The second kappa shape index (κ2) is 10.5. The quantitative estimate of drug-likeness (QED) is 0.156. The van der Waals surface area contributed by atoms with Crippen LogP contribution < -0.4 is 0 Å². The van der Waals surface area contributed by atoms with Crippen LogP contribution in [0.25, 0.3) is 21.8 Å². The fraction of sp³-hybridized carbons (Fsp3) is 0.250. The molecule has 12 heteroatoms. The van der Waals surface area contributed by atoms with E-state index in [-0.39, 0.29) is 11.8 Å². The van der Waals surface area contributed by atoms with Crippen LogP contribution in [-0.4, -0.2) is 43.9 Å². The van der Waals surface area contributed by atoms with Gasteiger partial charge in [-0.1, -0.05) is 58.0 Å². The Hall–Kier alpha value is -3.64. The molecule has 36 heavy (non-hydrogen) atoms. The largest absolute Gasteiger partial charge is 0.287 e. The number of rotatable bonds is 9. The maximum Gasteiger partial charge on any atom is 0.227 e. The average Bonchev–Trinajstić information content (AvgIpc) is 3.40. The molecule has 0 N–H and O–H groups in total. The van der Waals surface area contributed by atoms with Crippen molar-refractivity contribution in [3.63, 3.8) is 0 Å². The number of fused-ring (bicyclic) bond motifs is 2. The van der Waals surface area contributed by atoms with E-state index in [1.54, 1.807) is 60.9 Å². The molecular weight excluding hydrogens is 504 g/mol. The number of nitrogens with zero attached hydrogens (tertiary/aromatic N) is 4. The fourth-order valence-electron chi connectivity index (χ4n) is 4.21. The predicted molar refractivity (Wildman–Crippen MR) is 141 cm³/mol. The summed E-state index contributed by atoms with van der Waals surface area (Å²) in [6.07, 6.45) is 3.22. The average molecular weight is 527 g/mol. The van der Waals surface area contributed by atoms with Crippen LogP contribution in [0.2, 0.25) is 0 Å². The second-order valence-corrected chi connectivity index (χ2v) is 10.9. The monoisotopic (exact) mass is 526 g/mol. The summed E-state index contributed by atoms with van der Waals surface area (Å²) in [6, 6.07) is 14.3. The molecule has 4 aromatic rings. The lowest BCUT2D eigenvalue weighted by Gasteiger charge is -2.16. The van der Waals surface area contributed by atoms with Gasteiger partial charge in [0.2, 0.25) is 24.9 Å². The summed E-state index contributed by atoms with van der Waals surface area (Å²) in [6.45, 7) is 1.98. The molecule has 10 nitrogen and oxygen atoms in total. The van der Waals surface area contributed by atoms with Crippen LogP contribution >= 0.6 is 21.6 Å². The summed E-state index contributed by atoms with van der Waals surface area (Å²) < 4.78 is 2.91. The van der Waals surface area contributed by atoms with Crippen LogP contribution in [0, 0.1) is 20.2 Å². The molecule has 4 rings (SSSR count). The van der Waals surface area contributed by atoms with E-state index >= 15 is 0 Å². The Bertz CT molecular complexity index is 1380. The first-order valence-electron chi connectivity index (χ1n) is 10.9. The molecule has 2 aromatic carbocycles. The van der Waals surface area contributed by atoms with E-state index in [0.717, 1.165) is 0 Å². The molecule has 0 aliphatic carbocycles. The topological polar surface area (TPSA) is 130 Å². The number of hydrogen-bond acceptors (Lipinski definition) is 8. The van der Waals surface area contributed by atoms with Crippen LogP contribution in [0.3, 0.4) is 0 Å². The van der Waals surface area contributed by atoms with Crippen molar-refractivity contribution >= 4 is 55.2 Å². The Morgan fingerprint density at radius 3 is 1.44 bits per heavy atom. The molecule has 0 bridgehead atoms. The molecule has 0 amide bonds. The normalized spacial score (nSPS) is 13.1. The third kappa shape index (κ3) is 5.14. The predicted octanol–water partition coefficient (Wildman–Crippen LogP) is 5.63. The van der Waals surface area contributed by atoms with Crippen molar-refractivity contribution in [2.75, 3.05) is 13.1 Å². The van der Waals surface area contributed by atoms with E-state index in [4.69, 9.17) is 0 Å². The molecule has 186 valence electrons. The van der Waals surface area contributed by atoms with Crippen LogP contribution in [0.5, 0.6) is 0 Å². The van der Waals surface area contributed by atoms with Gasteiger partial charge < -0.3 is 0 Å². The number of para-hydroxylation sites is 2. The first kappa shape index (κ1) is 25.5. The van der Waals surface area contributed by atoms with Crippen LogP contribution in [-0.2, 0) is 0 Å². The fourth-order valence-corrected chi connectivity index (χ4v) is 7.22. The molecule has 0 spiro atoms. The summed E-state index contributed by atoms with van der Waals surface area (Å²) in [4.78, 5) is 46.6. The molecule has 0 fully saturated rings. The third-order valence-corrected chi connectivity index (χ3v) is 8.88. The highest BCUT2D eigenvalue weighted by Gasteiger charge is 2.30. The van der Waals surface area contributed by atoms with E-state index in [2.05, 4.69) is 0 Å². The molecule has 0 aliphatic rings. The highest BCUT2D eigenvalue weighted by atomic mass is 33.1. The van der Waals surface area contributed by atoms with Gasteiger partial charge in [-0.3, -0.25) is 39.0 Å². The van der Waals surface area contributed by atoms with Crippen LogP contribution in [0.1, 0.15) is 45.1 Å². The highest BCUT2D eigenvalue weighted by molar-refractivity contribution is 8.76. The van der Waals surface area contributed by atoms with Gasteiger partial charge in [-0.15, -0.1) is 0 Å². The number of carbonyl (C=O) groups is 2. The van der Waals surface area contributed by atoms with E-state index in [1.165, 1.54) is 44.6 Å². The van der Waals surface area contributed by atoms with E-state index in [1.807, 2.05) is 0 Å². The Kier molecular flexibility index (Phi) is 7.45. The van der Waals surface area contributed by atoms with Gasteiger partial charge in [-0.2, -0.15) is 0 Å². The Morgan fingerprint density at radius 2 is 1.11 bits per heavy atom. The number of aromatic nitrogens is 2. The lowest BCUT2D eigenvalue weighted by Crippen LogP contribution is -2.12. The highest BCUT2D eigenvalue weighted by Crippen LogP contribution is 2.49. The first-order valence-corrected chi connectivity index (χ1v) is 13.2. The Balaban J connectivity index is 1.73. The minimum atomic E-state index is -0.675. The van der Waals surface area contributed by atoms with Crippen molar-refractivity contribution in [3.05, 3.63) is 92.3 Å². The molecule has 0 aliphatic heterocycles. The first-order chi connectivity index (χ1) is 17.2. The van der Waals surface area contributed by atoms with Crippen molar-refractivity contribution in [2.24, 2.45) is 0 Å². The van der Waals surface area contributed by atoms with Crippen LogP contribution in [0.4, 0.5) is 0 Å². The summed E-state index contributed by atoms with van der Waals surface area (Å²) in [5.41, 5.74) is 2.51. The maximum absolute atomic E-state index is 12.2. The molecule has 2 atom stereocenters. The van der Waals surface area contributed by atoms with Gasteiger partial charge in [0, 0.05) is 46.9 Å². The van der Waals surface area contributed by atoms with Crippen molar-refractivity contribution < 1.29 is 19.4 Å². The van der Waals surface area contributed by atoms with Crippen molar-refractivity contribution in [1.82, 2.24) is 9.13 Å². The lowest BCUT2D eigenvalue weighted by molar-refractivity contribution is -0.479.